The second kappa shape index (κ2) is 6.46. The van der Waals surface area contributed by atoms with Gasteiger partial charge in [0.05, 0.1) is 0 Å². The summed E-state index contributed by atoms with van der Waals surface area (Å²) < 4.78 is 27.3. The Balaban J connectivity index is 1.84. The zero-order chi connectivity index (χ0) is 17.4. The number of fused-ring (bicyclic) bond motifs is 1. The molecule has 1 aliphatic heterocycles. The minimum atomic E-state index is -3.53. The fraction of sp³-hybridized carbons (Fsp3) is 0.222. The second-order valence-corrected chi connectivity index (χ2v) is 8.35. The molecule has 1 aliphatic rings. The van der Waals surface area contributed by atoms with Crippen molar-refractivity contribution in [1.29, 1.82) is 0 Å². The van der Waals surface area contributed by atoms with E-state index in [1.807, 2.05) is 42.5 Å². The number of piperazine rings is 1. The van der Waals surface area contributed by atoms with Gasteiger partial charge in [0.15, 0.2) is 0 Å². The highest BCUT2D eigenvalue weighted by Gasteiger charge is 2.27. The first-order valence-electron chi connectivity index (χ1n) is 8.15. The molecule has 0 unspecified atom stereocenters. The third kappa shape index (κ3) is 2.95. The van der Waals surface area contributed by atoms with Crippen molar-refractivity contribution in [2.24, 2.45) is 0 Å². The summed E-state index contributed by atoms with van der Waals surface area (Å²) in [6, 6.07) is 15.0. The summed E-state index contributed by atoms with van der Waals surface area (Å²) in [5.74, 6) is 0. The SMILES string of the molecule is O=S(=O)(c1cc2c(-c3ccccc3Cl)cccc2[nH]1)N1CCNCC1. The lowest BCUT2D eigenvalue weighted by Gasteiger charge is -2.25. The normalized spacial score (nSPS) is 16.4. The van der Waals surface area contributed by atoms with Gasteiger partial charge >= 0.3 is 0 Å². The van der Waals surface area contributed by atoms with E-state index in [9.17, 15) is 8.42 Å². The van der Waals surface area contributed by atoms with E-state index in [1.165, 1.54) is 4.31 Å². The number of aromatic amines is 1. The van der Waals surface area contributed by atoms with Crippen molar-refractivity contribution in [3.63, 3.8) is 0 Å². The fourth-order valence-corrected chi connectivity index (χ4v) is 4.89. The van der Waals surface area contributed by atoms with Crippen LogP contribution >= 0.6 is 11.6 Å². The van der Waals surface area contributed by atoms with E-state index in [-0.39, 0.29) is 5.03 Å². The highest BCUT2D eigenvalue weighted by atomic mass is 35.5. The lowest BCUT2D eigenvalue weighted by molar-refractivity contribution is 0.359. The van der Waals surface area contributed by atoms with Gasteiger partial charge in [-0.2, -0.15) is 4.31 Å². The largest absolute Gasteiger partial charge is 0.344 e. The lowest BCUT2D eigenvalue weighted by atomic mass is 10.0. The maximum Gasteiger partial charge on any atom is 0.258 e. The second-order valence-electron chi connectivity index (χ2n) is 6.03. The van der Waals surface area contributed by atoms with E-state index in [4.69, 9.17) is 11.6 Å². The number of hydrogen-bond acceptors (Lipinski definition) is 3. The minimum absolute atomic E-state index is 0.226. The molecule has 2 aromatic carbocycles. The first-order chi connectivity index (χ1) is 12.1. The molecule has 130 valence electrons. The Labute approximate surface area is 151 Å². The standard InChI is InChI=1S/C18H18ClN3O2S/c19-16-6-2-1-4-14(16)13-5-3-7-17-15(13)12-18(21-17)25(23,24)22-10-8-20-9-11-22/h1-7,12,20-21H,8-11H2. The Bertz CT molecular complexity index is 1020. The van der Waals surface area contributed by atoms with Crippen LogP contribution in [0.5, 0.6) is 0 Å². The molecule has 0 atom stereocenters. The average Bonchev–Trinajstić information content (AvgIpc) is 3.08. The van der Waals surface area contributed by atoms with Crippen LogP contribution < -0.4 is 5.32 Å². The van der Waals surface area contributed by atoms with Crippen LogP contribution in [0.3, 0.4) is 0 Å². The smallest absolute Gasteiger partial charge is 0.258 e. The van der Waals surface area contributed by atoms with Gasteiger partial charge in [0, 0.05) is 47.7 Å². The number of halogens is 1. The van der Waals surface area contributed by atoms with Crippen LogP contribution in [0.4, 0.5) is 0 Å². The van der Waals surface area contributed by atoms with Crippen LogP contribution in [-0.4, -0.2) is 43.9 Å². The molecule has 4 rings (SSSR count). The topological polar surface area (TPSA) is 65.2 Å². The third-order valence-electron chi connectivity index (χ3n) is 4.50. The maximum atomic E-state index is 12.9. The number of aromatic nitrogens is 1. The first-order valence-corrected chi connectivity index (χ1v) is 9.97. The fourth-order valence-electron chi connectivity index (χ4n) is 3.21. The van der Waals surface area contributed by atoms with Crippen molar-refractivity contribution >= 4 is 32.5 Å². The Morgan fingerprint density at radius 3 is 2.44 bits per heavy atom. The molecule has 2 N–H and O–H groups in total. The number of benzene rings is 2. The zero-order valence-corrected chi connectivity index (χ0v) is 15.1. The number of nitrogens with zero attached hydrogens (tertiary/aromatic N) is 1. The predicted octanol–water partition coefficient (Wildman–Crippen LogP) is 3.08. The van der Waals surface area contributed by atoms with Gasteiger partial charge in [-0.25, -0.2) is 8.42 Å². The molecule has 1 aromatic heterocycles. The summed E-state index contributed by atoms with van der Waals surface area (Å²) in [6.45, 7) is 2.30. The molecule has 0 radical (unpaired) electrons. The zero-order valence-electron chi connectivity index (χ0n) is 13.5. The van der Waals surface area contributed by atoms with Crippen molar-refractivity contribution in [3.8, 4) is 11.1 Å². The first kappa shape index (κ1) is 16.6. The minimum Gasteiger partial charge on any atom is -0.344 e. The summed E-state index contributed by atoms with van der Waals surface area (Å²) in [5, 5.41) is 4.89. The summed E-state index contributed by atoms with van der Waals surface area (Å²) in [6.07, 6.45) is 0. The highest BCUT2D eigenvalue weighted by Crippen LogP contribution is 2.34. The quantitative estimate of drug-likeness (QED) is 0.739. The molecule has 0 saturated carbocycles. The molecule has 5 nitrogen and oxygen atoms in total. The number of rotatable bonds is 3. The van der Waals surface area contributed by atoms with Crippen LogP contribution in [-0.2, 0) is 10.0 Å². The van der Waals surface area contributed by atoms with Crippen molar-refractivity contribution in [1.82, 2.24) is 14.6 Å². The van der Waals surface area contributed by atoms with Gasteiger partial charge in [-0.1, -0.05) is 41.9 Å². The van der Waals surface area contributed by atoms with E-state index >= 15 is 0 Å². The van der Waals surface area contributed by atoms with Gasteiger partial charge in [-0.3, -0.25) is 0 Å². The van der Waals surface area contributed by atoms with Gasteiger partial charge in [0.1, 0.15) is 5.03 Å². The number of H-pyrrole nitrogens is 1. The van der Waals surface area contributed by atoms with Crippen molar-refractivity contribution < 1.29 is 8.42 Å². The Morgan fingerprint density at radius 2 is 1.68 bits per heavy atom. The molecule has 7 heteroatoms. The monoisotopic (exact) mass is 375 g/mol. The Morgan fingerprint density at radius 1 is 0.960 bits per heavy atom. The van der Waals surface area contributed by atoms with Gasteiger partial charge in [0.25, 0.3) is 10.0 Å². The molecule has 0 bridgehead atoms. The van der Waals surface area contributed by atoms with E-state index in [0.717, 1.165) is 22.0 Å². The van der Waals surface area contributed by atoms with Crippen LogP contribution in [0, 0.1) is 0 Å². The molecule has 1 fully saturated rings. The van der Waals surface area contributed by atoms with E-state index in [0.29, 0.717) is 31.2 Å². The Kier molecular flexibility index (Phi) is 4.29. The number of hydrogen-bond donors (Lipinski definition) is 2. The van der Waals surface area contributed by atoms with Crippen molar-refractivity contribution in [2.75, 3.05) is 26.2 Å². The number of sulfonamides is 1. The summed E-state index contributed by atoms with van der Waals surface area (Å²) in [5.41, 5.74) is 2.59. The number of nitrogens with one attached hydrogen (secondary N) is 2. The molecular formula is C18H18ClN3O2S. The summed E-state index contributed by atoms with van der Waals surface area (Å²) in [7, 11) is -3.53. The van der Waals surface area contributed by atoms with Crippen molar-refractivity contribution in [2.45, 2.75) is 5.03 Å². The van der Waals surface area contributed by atoms with Gasteiger partial charge in [-0.15, -0.1) is 0 Å². The Hall–Kier alpha value is -1.86. The van der Waals surface area contributed by atoms with E-state index in [1.54, 1.807) is 6.07 Å². The van der Waals surface area contributed by atoms with E-state index in [2.05, 4.69) is 10.3 Å². The maximum absolute atomic E-state index is 12.9. The highest BCUT2D eigenvalue weighted by molar-refractivity contribution is 7.89. The third-order valence-corrected chi connectivity index (χ3v) is 6.65. The van der Waals surface area contributed by atoms with E-state index < -0.39 is 10.0 Å². The molecule has 0 aliphatic carbocycles. The summed E-state index contributed by atoms with van der Waals surface area (Å²) in [4.78, 5) is 3.07. The molecule has 1 saturated heterocycles. The molecule has 3 aromatic rings. The van der Waals surface area contributed by atoms with Gasteiger partial charge in [0.2, 0.25) is 0 Å². The summed E-state index contributed by atoms with van der Waals surface area (Å²) >= 11 is 6.33. The molecule has 25 heavy (non-hydrogen) atoms. The molecule has 2 heterocycles. The van der Waals surface area contributed by atoms with Crippen LogP contribution in [0.2, 0.25) is 5.02 Å². The molecule has 0 amide bonds. The predicted molar refractivity (Wildman–Crippen MR) is 100 cm³/mol. The van der Waals surface area contributed by atoms with Crippen molar-refractivity contribution in [3.05, 3.63) is 53.6 Å². The molecular weight excluding hydrogens is 358 g/mol. The average molecular weight is 376 g/mol. The lowest BCUT2D eigenvalue weighted by Crippen LogP contribution is -2.46. The molecule has 0 spiro atoms. The van der Waals surface area contributed by atoms with Crippen LogP contribution in [0.15, 0.2) is 53.6 Å². The van der Waals surface area contributed by atoms with Crippen LogP contribution in [0.1, 0.15) is 0 Å². The van der Waals surface area contributed by atoms with Gasteiger partial charge < -0.3 is 10.3 Å². The van der Waals surface area contributed by atoms with Crippen LogP contribution in [0.25, 0.3) is 22.0 Å². The van der Waals surface area contributed by atoms with Gasteiger partial charge in [-0.05, 0) is 23.8 Å².